The summed E-state index contributed by atoms with van der Waals surface area (Å²) >= 11 is 1.72. The van der Waals surface area contributed by atoms with E-state index in [4.69, 9.17) is 5.11 Å². The van der Waals surface area contributed by atoms with E-state index in [1.807, 2.05) is 24.3 Å². The van der Waals surface area contributed by atoms with Gasteiger partial charge in [-0.2, -0.15) is 0 Å². The molecule has 0 aromatic heterocycles. The maximum absolute atomic E-state index is 11.9. The summed E-state index contributed by atoms with van der Waals surface area (Å²) < 4.78 is 0. The van der Waals surface area contributed by atoms with Crippen LogP contribution in [0.3, 0.4) is 0 Å². The SMILES string of the molecule is C[C@@H](O)CNC(=O)C1CSc2ccccc21. The van der Waals surface area contributed by atoms with Gasteiger partial charge in [0.05, 0.1) is 12.0 Å². The van der Waals surface area contributed by atoms with Crippen molar-refractivity contribution < 1.29 is 9.90 Å². The lowest BCUT2D eigenvalue weighted by molar-refractivity contribution is -0.122. The summed E-state index contributed by atoms with van der Waals surface area (Å²) in [4.78, 5) is 13.1. The Hall–Kier alpha value is -1.00. The quantitative estimate of drug-likeness (QED) is 0.835. The Balaban J connectivity index is 2.04. The number of rotatable bonds is 3. The van der Waals surface area contributed by atoms with Crippen LogP contribution in [0.1, 0.15) is 18.4 Å². The van der Waals surface area contributed by atoms with Crippen molar-refractivity contribution in [3.05, 3.63) is 29.8 Å². The van der Waals surface area contributed by atoms with Gasteiger partial charge in [-0.3, -0.25) is 4.79 Å². The van der Waals surface area contributed by atoms with Crippen molar-refractivity contribution in [3.63, 3.8) is 0 Å². The molecule has 0 fully saturated rings. The largest absolute Gasteiger partial charge is 0.392 e. The molecule has 2 N–H and O–H groups in total. The fourth-order valence-electron chi connectivity index (χ4n) is 1.75. The summed E-state index contributed by atoms with van der Waals surface area (Å²) in [6, 6.07) is 7.99. The van der Waals surface area contributed by atoms with Crippen LogP contribution in [0.4, 0.5) is 0 Å². The molecule has 1 aromatic rings. The second-order valence-corrected chi connectivity index (χ2v) is 5.06. The molecular weight excluding hydrogens is 222 g/mol. The van der Waals surface area contributed by atoms with E-state index < -0.39 is 6.10 Å². The first kappa shape index (κ1) is 11.5. The number of benzene rings is 1. The highest BCUT2D eigenvalue weighted by molar-refractivity contribution is 7.99. The van der Waals surface area contributed by atoms with Crippen LogP contribution >= 0.6 is 11.8 Å². The molecular formula is C12H15NO2S. The first-order valence-electron chi connectivity index (χ1n) is 5.36. The molecule has 4 heteroatoms. The van der Waals surface area contributed by atoms with Gasteiger partial charge in [-0.25, -0.2) is 0 Å². The Bertz CT molecular complexity index is 392. The Kier molecular flexibility index (Phi) is 3.51. The summed E-state index contributed by atoms with van der Waals surface area (Å²) in [7, 11) is 0. The van der Waals surface area contributed by atoms with Crippen LogP contribution in [0, 0.1) is 0 Å². The predicted molar refractivity (Wildman–Crippen MR) is 64.6 cm³/mol. The molecule has 1 aromatic carbocycles. The van der Waals surface area contributed by atoms with Crippen molar-refractivity contribution in [2.75, 3.05) is 12.3 Å². The molecule has 0 saturated heterocycles. The van der Waals surface area contributed by atoms with Crippen molar-refractivity contribution in [2.45, 2.75) is 23.8 Å². The number of hydrogen-bond donors (Lipinski definition) is 2. The van der Waals surface area contributed by atoms with E-state index in [2.05, 4.69) is 5.32 Å². The lowest BCUT2D eigenvalue weighted by Gasteiger charge is -2.12. The average molecular weight is 237 g/mol. The van der Waals surface area contributed by atoms with Gasteiger partial charge < -0.3 is 10.4 Å². The maximum Gasteiger partial charge on any atom is 0.228 e. The van der Waals surface area contributed by atoms with Crippen molar-refractivity contribution in [1.29, 1.82) is 0 Å². The molecule has 1 aliphatic rings. The lowest BCUT2D eigenvalue weighted by Crippen LogP contribution is -2.34. The third-order valence-electron chi connectivity index (χ3n) is 2.59. The van der Waals surface area contributed by atoms with Crippen LogP contribution < -0.4 is 5.32 Å². The summed E-state index contributed by atoms with van der Waals surface area (Å²) in [5, 5.41) is 11.9. The average Bonchev–Trinajstić information content (AvgIpc) is 2.69. The summed E-state index contributed by atoms with van der Waals surface area (Å²) in [6.45, 7) is 1.99. The van der Waals surface area contributed by atoms with E-state index in [-0.39, 0.29) is 11.8 Å². The van der Waals surface area contributed by atoms with Gasteiger partial charge in [0.15, 0.2) is 0 Å². The van der Waals surface area contributed by atoms with Crippen LogP contribution in [0.2, 0.25) is 0 Å². The van der Waals surface area contributed by atoms with Gasteiger partial charge in [0.2, 0.25) is 5.91 Å². The zero-order valence-corrected chi connectivity index (χ0v) is 9.96. The molecule has 0 saturated carbocycles. The lowest BCUT2D eigenvalue weighted by atomic mass is 10.0. The van der Waals surface area contributed by atoms with Crippen molar-refractivity contribution in [3.8, 4) is 0 Å². The second kappa shape index (κ2) is 4.89. The van der Waals surface area contributed by atoms with Gasteiger partial charge in [0.25, 0.3) is 0 Å². The first-order valence-corrected chi connectivity index (χ1v) is 6.34. The third-order valence-corrected chi connectivity index (χ3v) is 3.77. The fourth-order valence-corrected chi connectivity index (χ4v) is 2.98. The zero-order valence-electron chi connectivity index (χ0n) is 9.14. The summed E-state index contributed by atoms with van der Waals surface area (Å²) in [5.74, 6) is 0.739. The standard InChI is InChI=1S/C12H15NO2S/c1-8(14)6-13-12(15)10-7-16-11-5-3-2-4-9(10)11/h2-5,8,10,14H,6-7H2,1H3,(H,13,15)/t8-,10?/m1/s1. The van der Waals surface area contributed by atoms with Gasteiger partial charge in [-0.15, -0.1) is 11.8 Å². The van der Waals surface area contributed by atoms with Crippen molar-refractivity contribution in [2.24, 2.45) is 0 Å². The molecule has 1 aliphatic heterocycles. The molecule has 2 atom stereocenters. The topological polar surface area (TPSA) is 49.3 Å². The Labute approximate surface area is 99.2 Å². The Morgan fingerprint density at radius 3 is 3.12 bits per heavy atom. The number of nitrogens with one attached hydrogen (secondary N) is 1. The number of amides is 1. The van der Waals surface area contributed by atoms with Crippen LogP contribution in [0.25, 0.3) is 0 Å². The minimum absolute atomic E-state index is 0.0124. The third kappa shape index (κ3) is 2.39. The molecule has 86 valence electrons. The molecule has 16 heavy (non-hydrogen) atoms. The Morgan fingerprint density at radius 1 is 1.62 bits per heavy atom. The minimum atomic E-state index is -0.492. The van der Waals surface area contributed by atoms with Gasteiger partial charge in [0, 0.05) is 17.2 Å². The van der Waals surface area contributed by atoms with Gasteiger partial charge in [0.1, 0.15) is 0 Å². The van der Waals surface area contributed by atoms with E-state index >= 15 is 0 Å². The van der Waals surface area contributed by atoms with E-state index in [0.717, 1.165) is 11.3 Å². The molecule has 1 unspecified atom stereocenters. The van der Waals surface area contributed by atoms with Crippen LogP contribution in [0.5, 0.6) is 0 Å². The smallest absolute Gasteiger partial charge is 0.228 e. The highest BCUT2D eigenvalue weighted by Gasteiger charge is 2.28. The Morgan fingerprint density at radius 2 is 2.38 bits per heavy atom. The zero-order chi connectivity index (χ0) is 11.5. The molecule has 0 aliphatic carbocycles. The molecule has 0 bridgehead atoms. The molecule has 1 heterocycles. The number of hydrogen-bond acceptors (Lipinski definition) is 3. The molecule has 2 rings (SSSR count). The van der Waals surface area contributed by atoms with E-state index in [9.17, 15) is 4.79 Å². The number of fused-ring (bicyclic) bond motifs is 1. The van der Waals surface area contributed by atoms with Crippen LogP contribution in [-0.2, 0) is 4.79 Å². The highest BCUT2D eigenvalue weighted by atomic mass is 32.2. The molecule has 0 radical (unpaired) electrons. The van der Waals surface area contributed by atoms with Gasteiger partial charge in [-0.1, -0.05) is 18.2 Å². The minimum Gasteiger partial charge on any atom is -0.392 e. The monoisotopic (exact) mass is 237 g/mol. The highest BCUT2D eigenvalue weighted by Crippen LogP contribution is 2.39. The van der Waals surface area contributed by atoms with Crippen LogP contribution in [-0.4, -0.2) is 29.4 Å². The van der Waals surface area contributed by atoms with Crippen LogP contribution in [0.15, 0.2) is 29.2 Å². The van der Waals surface area contributed by atoms with Gasteiger partial charge >= 0.3 is 0 Å². The molecule has 1 amide bonds. The van der Waals surface area contributed by atoms with Crippen molar-refractivity contribution >= 4 is 17.7 Å². The maximum atomic E-state index is 11.9. The second-order valence-electron chi connectivity index (χ2n) is 4.00. The van der Waals surface area contributed by atoms with Gasteiger partial charge in [-0.05, 0) is 18.6 Å². The van der Waals surface area contributed by atoms with E-state index in [1.54, 1.807) is 18.7 Å². The number of aliphatic hydroxyl groups excluding tert-OH is 1. The summed E-state index contributed by atoms with van der Waals surface area (Å²) in [6.07, 6.45) is -0.492. The number of thioether (sulfide) groups is 1. The first-order chi connectivity index (χ1) is 7.68. The molecule has 3 nitrogen and oxygen atoms in total. The number of aliphatic hydroxyl groups is 1. The van der Waals surface area contributed by atoms with E-state index in [0.29, 0.717) is 6.54 Å². The van der Waals surface area contributed by atoms with E-state index in [1.165, 1.54) is 4.90 Å². The number of carbonyl (C=O) groups is 1. The summed E-state index contributed by atoms with van der Waals surface area (Å²) in [5.41, 5.74) is 1.11. The fraction of sp³-hybridized carbons (Fsp3) is 0.417. The van der Waals surface area contributed by atoms with Crippen molar-refractivity contribution in [1.82, 2.24) is 5.32 Å². The normalized spacial score (nSPS) is 20.2. The predicted octanol–water partition coefficient (Wildman–Crippen LogP) is 1.37. The number of carbonyl (C=O) groups excluding carboxylic acids is 1. The molecule has 0 spiro atoms.